The third-order valence-electron chi connectivity index (χ3n) is 2.57. The fourth-order valence-electron chi connectivity index (χ4n) is 1.59. The van der Waals surface area contributed by atoms with Gasteiger partial charge in [-0.05, 0) is 34.6 Å². The molecular formula is C14H25ClN2O4. The molecule has 0 saturated heterocycles. The zero-order valence-electron chi connectivity index (χ0n) is 13.5. The Labute approximate surface area is 131 Å². The van der Waals surface area contributed by atoms with Gasteiger partial charge in [0, 0.05) is 20.0 Å². The van der Waals surface area contributed by atoms with E-state index in [1.165, 1.54) is 18.7 Å². The molecule has 0 fully saturated rings. The Bertz CT molecular complexity index is 391. The van der Waals surface area contributed by atoms with Gasteiger partial charge in [-0.15, -0.1) is 11.6 Å². The lowest BCUT2D eigenvalue weighted by Crippen LogP contribution is -2.50. The van der Waals surface area contributed by atoms with Gasteiger partial charge in [-0.2, -0.15) is 0 Å². The minimum atomic E-state index is -0.772. The summed E-state index contributed by atoms with van der Waals surface area (Å²) in [6, 6.07) is -0.772. The lowest BCUT2D eigenvalue weighted by molar-refractivity contribution is -0.163. The van der Waals surface area contributed by atoms with Crippen LogP contribution in [0.4, 0.5) is 0 Å². The first-order valence-electron chi connectivity index (χ1n) is 6.87. The first kappa shape index (κ1) is 19.7. The summed E-state index contributed by atoms with van der Waals surface area (Å²) < 4.78 is 5.27. The summed E-state index contributed by atoms with van der Waals surface area (Å²) >= 11 is 5.82. The molecule has 122 valence electrons. The van der Waals surface area contributed by atoms with Crippen molar-refractivity contribution < 1.29 is 19.1 Å². The van der Waals surface area contributed by atoms with Crippen LogP contribution in [-0.4, -0.2) is 52.8 Å². The molecule has 0 bridgehead atoms. The highest BCUT2D eigenvalue weighted by Gasteiger charge is 2.31. The first-order chi connectivity index (χ1) is 9.45. The molecule has 0 aromatic heterocycles. The summed E-state index contributed by atoms with van der Waals surface area (Å²) in [4.78, 5) is 36.4. The van der Waals surface area contributed by atoms with Crippen LogP contribution in [-0.2, 0) is 19.1 Å². The molecule has 0 heterocycles. The van der Waals surface area contributed by atoms with Crippen molar-refractivity contribution in [3.8, 4) is 0 Å². The number of nitrogens with zero attached hydrogens (tertiary/aromatic N) is 1. The molecular weight excluding hydrogens is 296 g/mol. The van der Waals surface area contributed by atoms with Gasteiger partial charge < -0.3 is 15.0 Å². The van der Waals surface area contributed by atoms with Gasteiger partial charge in [-0.3, -0.25) is 9.59 Å². The Hall–Kier alpha value is -1.30. The Morgan fingerprint density at radius 1 is 1.24 bits per heavy atom. The highest BCUT2D eigenvalue weighted by molar-refractivity contribution is 6.30. The summed E-state index contributed by atoms with van der Waals surface area (Å²) in [5.41, 5.74) is -0.635. The molecule has 2 atom stereocenters. The number of ether oxygens (including phenoxy) is 1. The van der Waals surface area contributed by atoms with E-state index < -0.39 is 23.0 Å². The van der Waals surface area contributed by atoms with Crippen LogP contribution in [0.5, 0.6) is 0 Å². The van der Waals surface area contributed by atoms with Crippen molar-refractivity contribution in [1.29, 1.82) is 0 Å². The van der Waals surface area contributed by atoms with Crippen LogP contribution in [0, 0.1) is 0 Å². The van der Waals surface area contributed by atoms with Crippen LogP contribution < -0.4 is 5.32 Å². The van der Waals surface area contributed by atoms with Crippen LogP contribution >= 0.6 is 11.6 Å². The van der Waals surface area contributed by atoms with Gasteiger partial charge in [0.2, 0.25) is 11.8 Å². The third-order valence-corrected chi connectivity index (χ3v) is 2.75. The molecule has 0 aromatic carbocycles. The molecule has 0 saturated carbocycles. The number of halogens is 1. The molecule has 21 heavy (non-hydrogen) atoms. The molecule has 0 aliphatic rings. The monoisotopic (exact) mass is 320 g/mol. The van der Waals surface area contributed by atoms with Crippen molar-refractivity contribution in [2.75, 3.05) is 13.1 Å². The largest absolute Gasteiger partial charge is 0.458 e. The summed E-state index contributed by atoms with van der Waals surface area (Å²) in [7, 11) is 0. The Morgan fingerprint density at radius 2 is 1.76 bits per heavy atom. The van der Waals surface area contributed by atoms with E-state index in [9.17, 15) is 14.4 Å². The van der Waals surface area contributed by atoms with E-state index in [2.05, 4.69) is 5.32 Å². The Morgan fingerprint density at radius 3 is 2.14 bits per heavy atom. The van der Waals surface area contributed by atoms with E-state index in [1.54, 1.807) is 27.7 Å². The van der Waals surface area contributed by atoms with Gasteiger partial charge in [0.1, 0.15) is 17.0 Å². The van der Waals surface area contributed by atoms with E-state index in [0.29, 0.717) is 0 Å². The summed E-state index contributed by atoms with van der Waals surface area (Å²) in [5, 5.41) is 1.83. The third kappa shape index (κ3) is 7.90. The number of hydrogen-bond acceptors (Lipinski definition) is 4. The van der Waals surface area contributed by atoms with Crippen molar-refractivity contribution in [2.45, 2.75) is 58.6 Å². The maximum Gasteiger partial charge on any atom is 0.329 e. The molecule has 0 aliphatic carbocycles. The number of amides is 2. The van der Waals surface area contributed by atoms with Crippen LogP contribution in [0.3, 0.4) is 0 Å². The van der Waals surface area contributed by atoms with Crippen LogP contribution in [0.1, 0.15) is 41.5 Å². The first-order valence-corrected chi connectivity index (χ1v) is 7.31. The van der Waals surface area contributed by atoms with Gasteiger partial charge in [-0.1, -0.05) is 0 Å². The fraction of sp³-hybridized carbons (Fsp3) is 0.786. The van der Waals surface area contributed by atoms with Crippen LogP contribution in [0.2, 0.25) is 0 Å². The second kappa shape index (κ2) is 8.22. The van der Waals surface area contributed by atoms with Gasteiger partial charge in [0.15, 0.2) is 0 Å². The number of alkyl halides is 1. The Balaban J connectivity index is 4.89. The molecule has 6 nitrogen and oxygen atoms in total. The zero-order chi connectivity index (χ0) is 16.8. The molecule has 0 spiro atoms. The van der Waals surface area contributed by atoms with Gasteiger partial charge >= 0.3 is 5.97 Å². The van der Waals surface area contributed by atoms with Crippen molar-refractivity contribution in [3.63, 3.8) is 0 Å². The van der Waals surface area contributed by atoms with E-state index in [4.69, 9.17) is 16.3 Å². The van der Waals surface area contributed by atoms with Crippen LogP contribution in [0.25, 0.3) is 0 Å². The zero-order valence-corrected chi connectivity index (χ0v) is 14.3. The highest BCUT2D eigenvalue weighted by Crippen LogP contribution is 2.13. The fourth-order valence-corrected chi connectivity index (χ4v) is 1.72. The van der Waals surface area contributed by atoms with E-state index in [-0.39, 0.29) is 24.9 Å². The number of esters is 1. The second-order valence-corrected chi connectivity index (χ2v) is 6.49. The molecule has 2 unspecified atom stereocenters. The maximum atomic E-state index is 12.1. The number of hydrogen-bond donors (Lipinski definition) is 1. The predicted octanol–water partition coefficient (Wildman–Crippen LogP) is 1.31. The lowest BCUT2D eigenvalue weighted by atomic mass is 10.2. The van der Waals surface area contributed by atoms with E-state index in [0.717, 1.165) is 0 Å². The Kier molecular flexibility index (Phi) is 7.71. The van der Waals surface area contributed by atoms with Gasteiger partial charge in [0.25, 0.3) is 0 Å². The predicted molar refractivity (Wildman–Crippen MR) is 81.0 cm³/mol. The molecule has 0 aliphatic heterocycles. The second-order valence-electron chi connectivity index (χ2n) is 5.84. The lowest BCUT2D eigenvalue weighted by Gasteiger charge is -2.31. The van der Waals surface area contributed by atoms with E-state index in [1.807, 2.05) is 0 Å². The van der Waals surface area contributed by atoms with Gasteiger partial charge in [0.05, 0.1) is 0 Å². The minimum Gasteiger partial charge on any atom is -0.458 e. The van der Waals surface area contributed by atoms with Crippen LogP contribution in [0.15, 0.2) is 0 Å². The molecule has 0 aromatic rings. The maximum absolute atomic E-state index is 12.1. The normalized spacial score (nSPS) is 14.0. The topological polar surface area (TPSA) is 75.7 Å². The standard InChI is InChI=1S/C14H25ClN2O4/c1-9(15)12(19)17(8-7-16-11(3)18)10(2)13(20)21-14(4,5)6/h9-10H,7-8H2,1-6H3,(H,16,18). The number of nitrogens with one attached hydrogen (secondary N) is 1. The smallest absolute Gasteiger partial charge is 0.329 e. The highest BCUT2D eigenvalue weighted by atomic mass is 35.5. The van der Waals surface area contributed by atoms with Crippen molar-refractivity contribution in [1.82, 2.24) is 10.2 Å². The average molecular weight is 321 g/mol. The van der Waals surface area contributed by atoms with Gasteiger partial charge in [-0.25, -0.2) is 4.79 Å². The van der Waals surface area contributed by atoms with Crippen molar-refractivity contribution in [2.24, 2.45) is 0 Å². The summed E-state index contributed by atoms with van der Waals surface area (Å²) in [6.07, 6.45) is 0. The molecule has 7 heteroatoms. The van der Waals surface area contributed by atoms with Crippen molar-refractivity contribution >= 4 is 29.4 Å². The molecule has 0 rings (SSSR count). The quantitative estimate of drug-likeness (QED) is 0.591. The van der Waals surface area contributed by atoms with Crippen molar-refractivity contribution in [3.05, 3.63) is 0 Å². The summed E-state index contributed by atoms with van der Waals surface area (Å²) in [6.45, 7) is 10.2. The summed E-state index contributed by atoms with van der Waals surface area (Å²) in [5.74, 6) is -1.08. The molecule has 1 N–H and O–H groups in total. The molecule has 2 amide bonds. The number of carbonyl (C=O) groups is 3. The average Bonchev–Trinajstić information content (AvgIpc) is 2.30. The SMILES string of the molecule is CC(=O)NCCN(C(=O)C(C)Cl)C(C)C(=O)OC(C)(C)C. The number of carbonyl (C=O) groups excluding carboxylic acids is 3. The minimum absolute atomic E-state index is 0.190. The van der Waals surface area contributed by atoms with E-state index >= 15 is 0 Å². The molecule has 0 radical (unpaired) electrons. The number of rotatable bonds is 6.